The van der Waals surface area contributed by atoms with E-state index in [1.807, 2.05) is 25.1 Å². The monoisotopic (exact) mass is 512 g/mol. The van der Waals surface area contributed by atoms with Crippen molar-refractivity contribution in [2.24, 2.45) is 5.92 Å². The van der Waals surface area contributed by atoms with E-state index in [2.05, 4.69) is 43.2 Å². The summed E-state index contributed by atoms with van der Waals surface area (Å²) in [5, 5.41) is 26.5. The third kappa shape index (κ3) is 5.22. The standard InChI is InChI=1S/C18H21IN6O4/c1-11-13(3-2-4-14(11)19)8-20-16-15(25(28)29)9-22-17(23-16)21-7-12-5-6-24(10-12)18(26)27/h2-4,9,12H,5-8,10H2,1H3,(H,26,27)(H2,20,21,22,23). The minimum absolute atomic E-state index is 0.143. The van der Waals surface area contributed by atoms with E-state index in [-0.39, 0.29) is 23.4 Å². The second kappa shape index (κ2) is 9.20. The predicted octanol–water partition coefficient (Wildman–Crippen LogP) is 3.32. The van der Waals surface area contributed by atoms with E-state index in [1.165, 1.54) is 11.1 Å². The van der Waals surface area contributed by atoms with Gasteiger partial charge in [0.15, 0.2) is 0 Å². The zero-order chi connectivity index (χ0) is 21.0. The summed E-state index contributed by atoms with van der Waals surface area (Å²) in [6.45, 7) is 3.85. The molecule has 0 spiro atoms. The van der Waals surface area contributed by atoms with E-state index in [9.17, 15) is 14.9 Å². The lowest BCUT2D eigenvalue weighted by atomic mass is 10.1. The largest absolute Gasteiger partial charge is 0.465 e. The van der Waals surface area contributed by atoms with Crippen molar-refractivity contribution in [2.75, 3.05) is 30.3 Å². The van der Waals surface area contributed by atoms with E-state index in [0.717, 1.165) is 21.1 Å². The first-order valence-electron chi connectivity index (χ1n) is 9.06. The van der Waals surface area contributed by atoms with Crippen LogP contribution in [0.5, 0.6) is 0 Å². The van der Waals surface area contributed by atoms with Gasteiger partial charge in [0.2, 0.25) is 11.8 Å². The third-order valence-corrected chi connectivity index (χ3v) is 6.07. The van der Waals surface area contributed by atoms with Crippen molar-refractivity contribution in [3.8, 4) is 0 Å². The Labute approximate surface area is 181 Å². The molecule has 0 bridgehead atoms. The Morgan fingerprint density at radius 3 is 2.93 bits per heavy atom. The summed E-state index contributed by atoms with van der Waals surface area (Å²) >= 11 is 2.25. The van der Waals surface area contributed by atoms with E-state index < -0.39 is 11.0 Å². The number of hydrogen-bond donors (Lipinski definition) is 3. The molecule has 1 saturated heterocycles. The molecule has 29 heavy (non-hydrogen) atoms. The number of halogens is 1. The summed E-state index contributed by atoms with van der Waals surface area (Å²) in [5.74, 6) is 0.561. The fraction of sp³-hybridized carbons (Fsp3) is 0.389. The molecule has 3 N–H and O–H groups in total. The molecule has 0 aliphatic carbocycles. The van der Waals surface area contributed by atoms with Gasteiger partial charge in [0.05, 0.1) is 4.92 Å². The van der Waals surface area contributed by atoms with Crippen LogP contribution >= 0.6 is 22.6 Å². The van der Waals surface area contributed by atoms with Crippen LogP contribution in [0.25, 0.3) is 0 Å². The number of benzene rings is 1. The molecule has 11 heteroatoms. The quantitative estimate of drug-likeness (QED) is 0.292. The van der Waals surface area contributed by atoms with Crippen LogP contribution in [0.3, 0.4) is 0 Å². The number of anilines is 2. The summed E-state index contributed by atoms with van der Waals surface area (Å²) in [5.41, 5.74) is 1.94. The molecule has 1 aliphatic heterocycles. The average molecular weight is 512 g/mol. The van der Waals surface area contributed by atoms with Gasteiger partial charge in [-0.15, -0.1) is 0 Å². The molecule has 1 aromatic heterocycles. The maximum absolute atomic E-state index is 11.3. The van der Waals surface area contributed by atoms with Gasteiger partial charge in [0.25, 0.3) is 0 Å². The zero-order valence-corrected chi connectivity index (χ0v) is 17.9. The highest BCUT2D eigenvalue weighted by Gasteiger charge is 2.26. The van der Waals surface area contributed by atoms with Crippen LogP contribution < -0.4 is 10.6 Å². The minimum atomic E-state index is -0.920. The molecule has 3 rings (SSSR count). The zero-order valence-electron chi connectivity index (χ0n) is 15.8. The van der Waals surface area contributed by atoms with Crippen LogP contribution in [0.2, 0.25) is 0 Å². The Balaban J connectivity index is 1.68. The first-order valence-corrected chi connectivity index (χ1v) is 10.1. The minimum Gasteiger partial charge on any atom is -0.465 e. The Hall–Kier alpha value is -2.70. The summed E-state index contributed by atoms with van der Waals surface area (Å²) in [4.78, 5) is 31.5. The number of likely N-dealkylation sites (tertiary alicyclic amines) is 1. The first kappa shape index (κ1) is 21.0. The highest BCUT2D eigenvalue weighted by molar-refractivity contribution is 14.1. The molecule has 0 radical (unpaired) electrons. The van der Waals surface area contributed by atoms with Crippen molar-refractivity contribution < 1.29 is 14.8 Å². The van der Waals surface area contributed by atoms with Gasteiger partial charge in [0, 0.05) is 29.7 Å². The predicted molar refractivity (Wildman–Crippen MR) is 116 cm³/mol. The molecule has 0 saturated carbocycles. The topological polar surface area (TPSA) is 134 Å². The lowest BCUT2D eigenvalue weighted by Gasteiger charge is -2.14. The number of aromatic nitrogens is 2. The Morgan fingerprint density at radius 2 is 2.24 bits per heavy atom. The molecule has 154 valence electrons. The number of amides is 1. The van der Waals surface area contributed by atoms with Crippen LogP contribution in [0.4, 0.5) is 22.2 Å². The SMILES string of the molecule is Cc1c(I)cccc1CNc1nc(NCC2CCN(C(=O)O)C2)ncc1[N+](=O)[O-]. The molecular weight excluding hydrogens is 491 g/mol. The highest BCUT2D eigenvalue weighted by Crippen LogP contribution is 2.24. The first-order chi connectivity index (χ1) is 13.8. The van der Waals surface area contributed by atoms with Crippen molar-refractivity contribution in [3.63, 3.8) is 0 Å². The van der Waals surface area contributed by atoms with Gasteiger partial charge >= 0.3 is 11.8 Å². The molecule has 1 aliphatic rings. The molecule has 1 aromatic carbocycles. The van der Waals surface area contributed by atoms with Crippen molar-refractivity contribution in [3.05, 3.63) is 49.2 Å². The lowest BCUT2D eigenvalue weighted by Crippen LogP contribution is -2.28. The number of rotatable bonds is 7. The maximum Gasteiger partial charge on any atom is 0.407 e. The van der Waals surface area contributed by atoms with Crippen LogP contribution in [-0.4, -0.2) is 50.6 Å². The number of hydrogen-bond acceptors (Lipinski definition) is 7. The van der Waals surface area contributed by atoms with Crippen LogP contribution in [0.1, 0.15) is 17.5 Å². The molecule has 2 heterocycles. The van der Waals surface area contributed by atoms with Crippen LogP contribution in [0, 0.1) is 26.5 Å². The summed E-state index contributed by atoms with van der Waals surface area (Å²) in [6.07, 6.45) is 1.01. The van der Waals surface area contributed by atoms with Crippen LogP contribution in [-0.2, 0) is 6.54 Å². The smallest absolute Gasteiger partial charge is 0.407 e. The van der Waals surface area contributed by atoms with Gasteiger partial charge in [-0.3, -0.25) is 10.1 Å². The van der Waals surface area contributed by atoms with Gasteiger partial charge in [-0.25, -0.2) is 9.78 Å². The Kier molecular flexibility index (Phi) is 6.67. The van der Waals surface area contributed by atoms with Gasteiger partial charge in [-0.1, -0.05) is 12.1 Å². The molecule has 2 aromatic rings. The highest BCUT2D eigenvalue weighted by atomic mass is 127. The van der Waals surface area contributed by atoms with Crippen molar-refractivity contribution in [2.45, 2.75) is 19.9 Å². The van der Waals surface area contributed by atoms with E-state index in [4.69, 9.17) is 5.11 Å². The summed E-state index contributed by atoms with van der Waals surface area (Å²) in [7, 11) is 0. The van der Waals surface area contributed by atoms with Crippen molar-refractivity contribution in [1.82, 2.24) is 14.9 Å². The molecular formula is C18H21IN6O4. The van der Waals surface area contributed by atoms with E-state index in [0.29, 0.717) is 26.2 Å². The Bertz CT molecular complexity index is 925. The second-order valence-corrected chi connectivity index (χ2v) is 7.99. The molecule has 10 nitrogen and oxygen atoms in total. The lowest BCUT2D eigenvalue weighted by molar-refractivity contribution is -0.384. The Morgan fingerprint density at radius 1 is 1.45 bits per heavy atom. The van der Waals surface area contributed by atoms with Gasteiger partial charge in [0.1, 0.15) is 6.20 Å². The third-order valence-electron chi connectivity index (χ3n) is 4.90. The summed E-state index contributed by atoms with van der Waals surface area (Å²) < 4.78 is 1.12. The van der Waals surface area contributed by atoms with Gasteiger partial charge in [-0.05, 0) is 59.0 Å². The van der Waals surface area contributed by atoms with E-state index >= 15 is 0 Å². The van der Waals surface area contributed by atoms with Crippen molar-refractivity contribution >= 4 is 46.1 Å². The average Bonchev–Trinajstić information content (AvgIpc) is 3.17. The maximum atomic E-state index is 11.3. The van der Waals surface area contributed by atoms with E-state index in [1.54, 1.807) is 0 Å². The normalized spacial score (nSPS) is 15.9. The fourth-order valence-corrected chi connectivity index (χ4v) is 3.71. The van der Waals surface area contributed by atoms with Crippen molar-refractivity contribution in [1.29, 1.82) is 0 Å². The number of nitro groups is 1. The number of carbonyl (C=O) groups is 1. The molecule has 1 fully saturated rings. The van der Waals surface area contributed by atoms with Gasteiger partial charge < -0.3 is 20.6 Å². The fourth-order valence-electron chi connectivity index (χ4n) is 3.16. The number of nitrogens with one attached hydrogen (secondary N) is 2. The van der Waals surface area contributed by atoms with Crippen LogP contribution in [0.15, 0.2) is 24.4 Å². The number of carboxylic acid groups (broad SMARTS) is 1. The molecule has 1 amide bonds. The molecule has 1 unspecified atom stereocenters. The van der Waals surface area contributed by atoms with Gasteiger partial charge in [-0.2, -0.15) is 4.98 Å². The second-order valence-electron chi connectivity index (χ2n) is 6.83. The summed E-state index contributed by atoms with van der Waals surface area (Å²) in [6, 6.07) is 5.91. The number of nitrogens with zero attached hydrogens (tertiary/aromatic N) is 4. The molecule has 1 atom stereocenters.